The Morgan fingerprint density at radius 1 is 1.22 bits per heavy atom. The lowest BCUT2D eigenvalue weighted by Gasteiger charge is -2.31. The standard InChI is InChI=1S/C14H30N2O2/c1-4-16(11-13-8-7-9-15-10-13)12-14(17-5-2)18-6-3/h13-15H,4-12H2,1-3H3. The van der Waals surface area contributed by atoms with Crippen molar-refractivity contribution >= 4 is 0 Å². The van der Waals surface area contributed by atoms with Crippen LogP contribution in [0.15, 0.2) is 0 Å². The molecule has 1 aliphatic rings. The number of ether oxygens (including phenoxy) is 2. The van der Waals surface area contributed by atoms with E-state index in [1.165, 1.54) is 19.4 Å². The van der Waals surface area contributed by atoms with E-state index < -0.39 is 0 Å². The van der Waals surface area contributed by atoms with Gasteiger partial charge in [-0.15, -0.1) is 0 Å². The zero-order valence-corrected chi connectivity index (χ0v) is 12.3. The van der Waals surface area contributed by atoms with Crippen molar-refractivity contribution in [2.45, 2.75) is 39.9 Å². The highest BCUT2D eigenvalue weighted by Crippen LogP contribution is 2.12. The van der Waals surface area contributed by atoms with Gasteiger partial charge in [0.1, 0.15) is 0 Å². The Morgan fingerprint density at radius 2 is 1.94 bits per heavy atom. The summed E-state index contributed by atoms with van der Waals surface area (Å²) in [4.78, 5) is 2.45. The fourth-order valence-corrected chi connectivity index (χ4v) is 2.51. The maximum absolute atomic E-state index is 5.62. The summed E-state index contributed by atoms with van der Waals surface area (Å²) in [7, 11) is 0. The fraction of sp³-hybridized carbons (Fsp3) is 1.00. The minimum Gasteiger partial charge on any atom is -0.352 e. The van der Waals surface area contributed by atoms with Crippen LogP contribution in [0.25, 0.3) is 0 Å². The summed E-state index contributed by atoms with van der Waals surface area (Å²) in [5, 5.41) is 3.48. The Hall–Kier alpha value is -0.160. The van der Waals surface area contributed by atoms with Gasteiger partial charge in [0.25, 0.3) is 0 Å². The van der Waals surface area contributed by atoms with E-state index >= 15 is 0 Å². The molecule has 4 heteroatoms. The maximum Gasteiger partial charge on any atom is 0.170 e. The third-order valence-corrected chi connectivity index (χ3v) is 3.47. The van der Waals surface area contributed by atoms with E-state index in [1.807, 2.05) is 13.8 Å². The van der Waals surface area contributed by atoms with Crippen molar-refractivity contribution in [3.63, 3.8) is 0 Å². The molecular formula is C14H30N2O2. The molecule has 1 rings (SSSR count). The van der Waals surface area contributed by atoms with Gasteiger partial charge in [-0.2, -0.15) is 0 Å². The van der Waals surface area contributed by atoms with E-state index in [4.69, 9.17) is 9.47 Å². The summed E-state index contributed by atoms with van der Waals surface area (Å²) in [6, 6.07) is 0. The van der Waals surface area contributed by atoms with Crippen LogP contribution in [0.4, 0.5) is 0 Å². The monoisotopic (exact) mass is 258 g/mol. The molecule has 0 aromatic heterocycles. The molecule has 0 radical (unpaired) electrons. The van der Waals surface area contributed by atoms with Crippen molar-refractivity contribution in [1.82, 2.24) is 10.2 Å². The van der Waals surface area contributed by atoms with E-state index in [0.717, 1.165) is 32.1 Å². The molecule has 1 atom stereocenters. The molecule has 108 valence electrons. The lowest BCUT2D eigenvalue weighted by atomic mass is 9.99. The number of piperidine rings is 1. The number of hydrogen-bond acceptors (Lipinski definition) is 4. The van der Waals surface area contributed by atoms with Gasteiger partial charge < -0.3 is 14.8 Å². The number of nitrogens with zero attached hydrogens (tertiary/aromatic N) is 1. The summed E-state index contributed by atoms with van der Waals surface area (Å²) in [5.41, 5.74) is 0. The average Bonchev–Trinajstić information content (AvgIpc) is 2.39. The van der Waals surface area contributed by atoms with E-state index in [1.54, 1.807) is 0 Å². The van der Waals surface area contributed by atoms with Crippen LogP contribution in [0, 0.1) is 5.92 Å². The van der Waals surface area contributed by atoms with Crippen molar-refractivity contribution in [3.05, 3.63) is 0 Å². The van der Waals surface area contributed by atoms with Crippen LogP contribution in [0.3, 0.4) is 0 Å². The zero-order chi connectivity index (χ0) is 13.2. The SMILES string of the molecule is CCOC(CN(CC)CC1CCCNC1)OCC. The molecule has 0 saturated carbocycles. The highest BCUT2D eigenvalue weighted by atomic mass is 16.7. The molecule has 0 aliphatic carbocycles. The van der Waals surface area contributed by atoms with Gasteiger partial charge in [0.2, 0.25) is 0 Å². The van der Waals surface area contributed by atoms with Gasteiger partial charge in [0.15, 0.2) is 6.29 Å². The van der Waals surface area contributed by atoms with Crippen LogP contribution >= 0.6 is 0 Å². The van der Waals surface area contributed by atoms with Crippen molar-refractivity contribution in [1.29, 1.82) is 0 Å². The van der Waals surface area contributed by atoms with Crippen LogP contribution in [0.1, 0.15) is 33.6 Å². The van der Waals surface area contributed by atoms with Gasteiger partial charge in [-0.3, -0.25) is 4.90 Å². The number of likely N-dealkylation sites (N-methyl/N-ethyl adjacent to an activating group) is 1. The fourth-order valence-electron chi connectivity index (χ4n) is 2.51. The van der Waals surface area contributed by atoms with Crippen LogP contribution in [0.2, 0.25) is 0 Å². The molecule has 4 nitrogen and oxygen atoms in total. The Balaban J connectivity index is 2.33. The third-order valence-electron chi connectivity index (χ3n) is 3.47. The molecular weight excluding hydrogens is 228 g/mol. The number of hydrogen-bond donors (Lipinski definition) is 1. The Kier molecular flexibility index (Phi) is 8.59. The summed E-state index contributed by atoms with van der Waals surface area (Å²) in [6.45, 7) is 13.1. The Bertz CT molecular complexity index is 190. The number of rotatable bonds is 9. The van der Waals surface area contributed by atoms with E-state index in [-0.39, 0.29) is 6.29 Å². The highest BCUT2D eigenvalue weighted by molar-refractivity contribution is 4.73. The predicted octanol–water partition coefficient (Wildman–Crippen LogP) is 1.71. The maximum atomic E-state index is 5.62. The van der Waals surface area contributed by atoms with E-state index in [9.17, 15) is 0 Å². The Morgan fingerprint density at radius 3 is 2.44 bits per heavy atom. The van der Waals surface area contributed by atoms with E-state index in [2.05, 4.69) is 17.1 Å². The first-order valence-electron chi connectivity index (χ1n) is 7.46. The molecule has 0 spiro atoms. The molecule has 18 heavy (non-hydrogen) atoms. The van der Waals surface area contributed by atoms with Crippen LogP contribution < -0.4 is 5.32 Å². The van der Waals surface area contributed by atoms with Crippen molar-refractivity contribution in [3.8, 4) is 0 Å². The molecule has 1 fully saturated rings. The van der Waals surface area contributed by atoms with Gasteiger partial charge in [-0.05, 0) is 52.2 Å². The molecule has 0 aromatic rings. The molecule has 1 N–H and O–H groups in total. The minimum atomic E-state index is -0.0727. The molecule has 1 heterocycles. The Labute approximate surface area is 112 Å². The second-order valence-electron chi connectivity index (χ2n) is 4.90. The summed E-state index contributed by atoms with van der Waals surface area (Å²) < 4.78 is 11.2. The van der Waals surface area contributed by atoms with Gasteiger partial charge >= 0.3 is 0 Å². The third kappa shape index (κ3) is 6.14. The first kappa shape index (κ1) is 15.9. The molecule has 0 bridgehead atoms. The zero-order valence-electron chi connectivity index (χ0n) is 12.3. The van der Waals surface area contributed by atoms with Crippen LogP contribution in [-0.4, -0.2) is 57.1 Å². The first-order valence-corrected chi connectivity index (χ1v) is 7.46. The predicted molar refractivity (Wildman–Crippen MR) is 74.7 cm³/mol. The highest BCUT2D eigenvalue weighted by Gasteiger charge is 2.19. The van der Waals surface area contributed by atoms with Crippen molar-refractivity contribution in [2.75, 3.05) is 45.9 Å². The molecule has 0 amide bonds. The van der Waals surface area contributed by atoms with Gasteiger partial charge in [-0.25, -0.2) is 0 Å². The first-order chi connectivity index (χ1) is 8.80. The summed E-state index contributed by atoms with van der Waals surface area (Å²) in [5.74, 6) is 0.780. The van der Waals surface area contributed by atoms with E-state index in [0.29, 0.717) is 13.2 Å². The average molecular weight is 258 g/mol. The quantitative estimate of drug-likeness (QED) is 0.638. The second-order valence-corrected chi connectivity index (χ2v) is 4.90. The van der Waals surface area contributed by atoms with Gasteiger partial charge in [0.05, 0.1) is 0 Å². The number of nitrogens with one attached hydrogen (secondary N) is 1. The largest absolute Gasteiger partial charge is 0.352 e. The van der Waals surface area contributed by atoms with Gasteiger partial charge in [-0.1, -0.05) is 6.92 Å². The minimum absolute atomic E-state index is 0.0727. The smallest absolute Gasteiger partial charge is 0.170 e. The lowest BCUT2D eigenvalue weighted by molar-refractivity contribution is -0.147. The topological polar surface area (TPSA) is 33.7 Å². The molecule has 1 unspecified atom stereocenters. The van der Waals surface area contributed by atoms with Crippen LogP contribution in [-0.2, 0) is 9.47 Å². The van der Waals surface area contributed by atoms with Crippen molar-refractivity contribution < 1.29 is 9.47 Å². The normalized spacial score (nSPS) is 20.8. The summed E-state index contributed by atoms with van der Waals surface area (Å²) >= 11 is 0. The van der Waals surface area contributed by atoms with Crippen LogP contribution in [0.5, 0.6) is 0 Å². The summed E-state index contributed by atoms with van der Waals surface area (Å²) in [6.07, 6.45) is 2.58. The molecule has 0 aromatic carbocycles. The molecule has 1 saturated heterocycles. The molecule has 1 aliphatic heterocycles. The van der Waals surface area contributed by atoms with Crippen molar-refractivity contribution in [2.24, 2.45) is 5.92 Å². The van der Waals surface area contributed by atoms with Gasteiger partial charge in [0, 0.05) is 26.3 Å². The lowest BCUT2D eigenvalue weighted by Crippen LogP contribution is -2.42. The second kappa shape index (κ2) is 9.73.